The highest BCUT2D eigenvalue weighted by atomic mass is 32.1. The number of nitrogens with zero attached hydrogens (tertiary/aromatic N) is 4. The number of tetrazole rings is 1. The maximum absolute atomic E-state index is 11.8. The molecule has 2 heterocycles. The number of H-pyrrole nitrogens is 1. The van der Waals surface area contributed by atoms with Gasteiger partial charge in [0.15, 0.2) is 0 Å². The van der Waals surface area contributed by atoms with Crippen molar-refractivity contribution in [2.75, 3.05) is 12.4 Å². The number of hydrogen-bond donors (Lipinski definition) is 2. The van der Waals surface area contributed by atoms with Crippen LogP contribution >= 0.6 is 11.3 Å². The first-order chi connectivity index (χ1) is 10.3. The van der Waals surface area contributed by atoms with Crippen molar-refractivity contribution in [1.82, 2.24) is 25.6 Å². The number of aromatic nitrogens is 5. The van der Waals surface area contributed by atoms with Gasteiger partial charge in [-0.3, -0.25) is 4.79 Å². The van der Waals surface area contributed by atoms with E-state index < -0.39 is 5.91 Å². The average Bonchev–Trinajstić information content (AvgIpc) is 3.18. The van der Waals surface area contributed by atoms with E-state index in [-0.39, 0.29) is 5.82 Å². The molecule has 0 radical (unpaired) electrons. The minimum absolute atomic E-state index is 0.0400. The largest absolute Gasteiger partial charge is 0.496 e. The molecule has 106 valence electrons. The van der Waals surface area contributed by atoms with Gasteiger partial charge in [0.25, 0.3) is 11.7 Å². The van der Waals surface area contributed by atoms with Gasteiger partial charge in [-0.1, -0.05) is 12.1 Å². The van der Waals surface area contributed by atoms with Gasteiger partial charge >= 0.3 is 0 Å². The van der Waals surface area contributed by atoms with Gasteiger partial charge in [0.2, 0.25) is 0 Å². The lowest BCUT2D eigenvalue weighted by molar-refractivity contribution is 0.101. The molecule has 3 rings (SSSR count). The molecular weight excluding hydrogens is 292 g/mol. The van der Waals surface area contributed by atoms with Gasteiger partial charge in [0, 0.05) is 5.38 Å². The molecule has 3 aromatic rings. The summed E-state index contributed by atoms with van der Waals surface area (Å²) in [4.78, 5) is 16.1. The number of thiazole rings is 1. The van der Waals surface area contributed by atoms with Crippen LogP contribution in [0.15, 0.2) is 29.6 Å². The first kappa shape index (κ1) is 13.2. The number of para-hydroxylation sites is 1. The van der Waals surface area contributed by atoms with Crippen LogP contribution in [0.3, 0.4) is 0 Å². The van der Waals surface area contributed by atoms with E-state index >= 15 is 0 Å². The number of carbonyl (C=O) groups excluding carboxylic acids is 1. The van der Waals surface area contributed by atoms with E-state index in [9.17, 15) is 4.79 Å². The van der Waals surface area contributed by atoms with E-state index in [2.05, 4.69) is 30.9 Å². The van der Waals surface area contributed by atoms with Gasteiger partial charge in [-0.25, -0.2) is 4.98 Å². The molecule has 0 saturated carbocycles. The fourth-order valence-corrected chi connectivity index (χ4v) is 2.49. The Morgan fingerprint density at radius 2 is 2.24 bits per heavy atom. The standard InChI is InChI=1S/C12H10N6O2S/c1-20-8-5-3-2-4-7(8)12-14-9(6-21-12)13-11(19)10-15-17-18-16-10/h2-6H,1H3,(H,13,19)(H,15,16,17,18). The molecular formula is C12H10N6O2S. The van der Waals surface area contributed by atoms with E-state index in [1.807, 2.05) is 24.3 Å². The van der Waals surface area contributed by atoms with Crippen LogP contribution < -0.4 is 10.1 Å². The number of benzene rings is 1. The van der Waals surface area contributed by atoms with E-state index in [1.54, 1.807) is 12.5 Å². The minimum atomic E-state index is -0.472. The van der Waals surface area contributed by atoms with Crippen LogP contribution in [0, 0.1) is 0 Å². The molecule has 0 saturated heterocycles. The number of ether oxygens (including phenoxy) is 1. The smallest absolute Gasteiger partial charge is 0.298 e. The van der Waals surface area contributed by atoms with Crippen molar-refractivity contribution in [3.05, 3.63) is 35.5 Å². The van der Waals surface area contributed by atoms with Crippen molar-refractivity contribution in [2.24, 2.45) is 0 Å². The number of nitrogens with one attached hydrogen (secondary N) is 2. The quantitative estimate of drug-likeness (QED) is 0.758. The fraction of sp³-hybridized carbons (Fsp3) is 0.0833. The van der Waals surface area contributed by atoms with Gasteiger partial charge in [0.1, 0.15) is 16.6 Å². The average molecular weight is 302 g/mol. The second kappa shape index (κ2) is 5.67. The highest BCUT2D eigenvalue weighted by molar-refractivity contribution is 7.13. The number of carbonyl (C=O) groups is 1. The molecule has 0 unspecified atom stereocenters. The Bertz CT molecular complexity index is 755. The van der Waals surface area contributed by atoms with Crippen molar-refractivity contribution in [1.29, 1.82) is 0 Å². The first-order valence-corrected chi connectivity index (χ1v) is 6.79. The maximum atomic E-state index is 11.8. The van der Waals surface area contributed by atoms with Crippen molar-refractivity contribution in [3.8, 4) is 16.3 Å². The minimum Gasteiger partial charge on any atom is -0.496 e. The van der Waals surface area contributed by atoms with Crippen LogP contribution in [0.2, 0.25) is 0 Å². The number of hydrogen-bond acceptors (Lipinski definition) is 7. The van der Waals surface area contributed by atoms with Crippen LogP contribution in [0.25, 0.3) is 10.6 Å². The van der Waals surface area contributed by atoms with Gasteiger partial charge in [-0.2, -0.15) is 5.21 Å². The normalized spacial score (nSPS) is 10.3. The molecule has 2 N–H and O–H groups in total. The number of aromatic amines is 1. The Labute approximate surface area is 123 Å². The molecule has 0 aliphatic heterocycles. The van der Waals surface area contributed by atoms with Crippen LogP contribution in [-0.4, -0.2) is 38.6 Å². The van der Waals surface area contributed by atoms with Gasteiger partial charge < -0.3 is 10.1 Å². The molecule has 9 heteroatoms. The molecule has 1 amide bonds. The summed E-state index contributed by atoms with van der Waals surface area (Å²) >= 11 is 1.40. The number of anilines is 1. The molecule has 2 aromatic heterocycles. The zero-order chi connectivity index (χ0) is 14.7. The lowest BCUT2D eigenvalue weighted by Crippen LogP contribution is -2.14. The van der Waals surface area contributed by atoms with E-state index in [4.69, 9.17) is 4.74 Å². The predicted octanol–water partition coefficient (Wildman–Crippen LogP) is 1.58. The molecule has 8 nitrogen and oxygen atoms in total. The third-order valence-corrected chi connectivity index (χ3v) is 3.51. The van der Waals surface area contributed by atoms with E-state index in [0.717, 1.165) is 16.3 Å². The summed E-state index contributed by atoms with van der Waals surface area (Å²) in [7, 11) is 1.60. The Morgan fingerprint density at radius 3 is 3.00 bits per heavy atom. The molecule has 0 aliphatic carbocycles. The third-order valence-electron chi connectivity index (χ3n) is 2.63. The highest BCUT2D eigenvalue weighted by Gasteiger charge is 2.14. The molecule has 0 bridgehead atoms. The second-order valence-electron chi connectivity index (χ2n) is 3.93. The van der Waals surface area contributed by atoms with Crippen molar-refractivity contribution in [2.45, 2.75) is 0 Å². The van der Waals surface area contributed by atoms with Crippen molar-refractivity contribution >= 4 is 23.1 Å². The molecule has 1 aromatic carbocycles. The monoisotopic (exact) mass is 302 g/mol. The number of methoxy groups -OCH3 is 1. The Morgan fingerprint density at radius 1 is 1.38 bits per heavy atom. The van der Waals surface area contributed by atoms with E-state index in [0.29, 0.717) is 5.82 Å². The highest BCUT2D eigenvalue weighted by Crippen LogP contribution is 2.32. The summed E-state index contributed by atoms with van der Waals surface area (Å²) in [5.74, 6) is 0.640. The maximum Gasteiger partial charge on any atom is 0.298 e. The first-order valence-electron chi connectivity index (χ1n) is 5.91. The predicted molar refractivity (Wildman–Crippen MR) is 76.2 cm³/mol. The summed E-state index contributed by atoms with van der Waals surface area (Å²) < 4.78 is 5.30. The molecule has 0 atom stereocenters. The fourth-order valence-electron chi connectivity index (χ4n) is 1.71. The number of rotatable bonds is 4. The Hall–Kier alpha value is -2.81. The zero-order valence-corrected chi connectivity index (χ0v) is 11.7. The molecule has 0 aliphatic rings. The van der Waals surface area contributed by atoms with Crippen molar-refractivity contribution < 1.29 is 9.53 Å². The van der Waals surface area contributed by atoms with E-state index in [1.165, 1.54) is 11.3 Å². The third kappa shape index (κ3) is 2.72. The Balaban J connectivity index is 1.82. The molecule has 21 heavy (non-hydrogen) atoms. The van der Waals surface area contributed by atoms with Gasteiger partial charge in [-0.15, -0.1) is 21.5 Å². The SMILES string of the molecule is COc1ccccc1-c1nc(NC(=O)c2nn[nH]n2)cs1. The zero-order valence-electron chi connectivity index (χ0n) is 10.9. The lowest BCUT2D eigenvalue weighted by atomic mass is 10.2. The summed E-state index contributed by atoms with van der Waals surface area (Å²) in [6, 6.07) is 7.54. The van der Waals surface area contributed by atoms with Crippen LogP contribution in [0.1, 0.15) is 10.6 Å². The van der Waals surface area contributed by atoms with Crippen LogP contribution in [0.4, 0.5) is 5.82 Å². The summed E-state index contributed by atoms with van der Waals surface area (Å²) in [5, 5.41) is 17.8. The second-order valence-corrected chi connectivity index (χ2v) is 4.79. The number of amides is 1. The molecule has 0 fully saturated rings. The summed E-state index contributed by atoms with van der Waals surface area (Å²) in [6.07, 6.45) is 0. The van der Waals surface area contributed by atoms with Crippen LogP contribution in [-0.2, 0) is 0 Å². The molecule has 0 spiro atoms. The van der Waals surface area contributed by atoms with Gasteiger partial charge in [-0.05, 0) is 17.3 Å². The van der Waals surface area contributed by atoms with Crippen LogP contribution in [0.5, 0.6) is 5.75 Å². The topological polar surface area (TPSA) is 106 Å². The lowest BCUT2D eigenvalue weighted by Gasteiger charge is -2.04. The Kier molecular flexibility index (Phi) is 3.56. The summed E-state index contributed by atoms with van der Waals surface area (Å²) in [5.41, 5.74) is 0.866. The van der Waals surface area contributed by atoms with Crippen molar-refractivity contribution in [3.63, 3.8) is 0 Å². The summed E-state index contributed by atoms with van der Waals surface area (Å²) in [6.45, 7) is 0. The van der Waals surface area contributed by atoms with Gasteiger partial charge in [0.05, 0.1) is 12.7 Å².